The van der Waals surface area contributed by atoms with E-state index in [2.05, 4.69) is 4.98 Å². The molecule has 2 aliphatic rings. The van der Waals surface area contributed by atoms with E-state index in [1.165, 1.54) is 13.0 Å². The van der Waals surface area contributed by atoms with Crippen molar-refractivity contribution in [2.45, 2.75) is 83.0 Å². The molecular weight excluding hydrogens is 578 g/mol. The molecule has 2 fully saturated rings. The number of pyridine rings is 1. The van der Waals surface area contributed by atoms with Gasteiger partial charge in [0.15, 0.2) is 0 Å². The Labute approximate surface area is 237 Å². The van der Waals surface area contributed by atoms with Crippen molar-refractivity contribution in [3.05, 3.63) is 58.3 Å². The highest BCUT2D eigenvalue weighted by atomic mass is 19.4. The van der Waals surface area contributed by atoms with Crippen LogP contribution in [0.2, 0.25) is 0 Å². The number of benzene rings is 1. The molecule has 14 heteroatoms. The second-order valence-corrected chi connectivity index (χ2v) is 10.5. The largest absolute Gasteiger partial charge is 0.439 e. The van der Waals surface area contributed by atoms with E-state index >= 15 is 0 Å². The molecule has 0 radical (unpaired) electrons. The van der Waals surface area contributed by atoms with Gasteiger partial charge in [0.2, 0.25) is 0 Å². The number of rotatable bonds is 9. The number of hydrogen-bond acceptors (Lipinski definition) is 5. The second-order valence-electron chi connectivity index (χ2n) is 10.5. The highest BCUT2D eigenvalue weighted by Gasteiger charge is 2.43. The van der Waals surface area contributed by atoms with E-state index in [1.807, 2.05) is 11.8 Å². The van der Waals surface area contributed by atoms with E-state index in [0.29, 0.717) is 50.6 Å². The van der Waals surface area contributed by atoms with Gasteiger partial charge in [0.1, 0.15) is 11.9 Å². The van der Waals surface area contributed by atoms with Crippen LogP contribution < -0.4 is 4.90 Å². The van der Waals surface area contributed by atoms with Gasteiger partial charge in [-0.1, -0.05) is 13.3 Å². The molecule has 0 saturated carbocycles. The predicted octanol–water partition coefficient (Wildman–Crippen LogP) is 7.92. The van der Waals surface area contributed by atoms with Crippen LogP contribution in [0.1, 0.15) is 79.9 Å². The molecule has 6 nitrogen and oxygen atoms in total. The third kappa shape index (κ3) is 7.07. The van der Waals surface area contributed by atoms with Crippen molar-refractivity contribution in [3.8, 4) is 0 Å². The molecule has 232 valence electrons. The molecule has 1 aromatic heterocycles. The smallest absolute Gasteiger partial charge is 0.416 e. The molecule has 0 bridgehead atoms. The van der Waals surface area contributed by atoms with Crippen molar-refractivity contribution in [2.75, 3.05) is 24.7 Å². The Morgan fingerprint density at radius 1 is 1.02 bits per heavy atom. The number of hydrogen-bond donors (Lipinski definition) is 0. The molecule has 0 N–H and O–H groups in total. The van der Waals surface area contributed by atoms with Gasteiger partial charge in [-0.2, -0.15) is 26.3 Å². The summed E-state index contributed by atoms with van der Waals surface area (Å²) in [6.07, 6.45) is -11.5. The number of anilines is 1. The topological polar surface area (TPSA) is 54.9 Å². The van der Waals surface area contributed by atoms with Crippen molar-refractivity contribution in [1.29, 1.82) is 0 Å². The van der Waals surface area contributed by atoms with Gasteiger partial charge in [-0.3, -0.25) is 4.90 Å². The first kappa shape index (κ1) is 31.8. The summed E-state index contributed by atoms with van der Waals surface area (Å²) in [5.74, 6) is 0.377. The summed E-state index contributed by atoms with van der Waals surface area (Å²) < 4.78 is 119. The van der Waals surface area contributed by atoms with Crippen LogP contribution >= 0.6 is 0 Å². The zero-order valence-corrected chi connectivity index (χ0v) is 22.9. The van der Waals surface area contributed by atoms with Crippen molar-refractivity contribution in [2.24, 2.45) is 0 Å². The van der Waals surface area contributed by atoms with Crippen molar-refractivity contribution >= 4 is 11.9 Å². The van der Waals surface area contributed by atoms with E-state index in [4.69, 9.17) is 9.47 Å². The average Bonchev–Trinajstić information content (AvgIpc) is 3.21. The lowest BCUT2D eigenvalue weighted by molar-refractivity contribution is -0.143. The summed E-state index contributed by atoms with van der Waals surface area (Å²) in [7, 11) is 0. The van der Waals surface area contributed by atoms with Crippen LogP contribution in [0, 0.1) is 0 Å². The molecular formula is C28H31F8N3O3. The Balaban J connectivity index is 1.70. The van der Waals surface area contributed by atoms with Crippen LogP contribution in [0.4, 0.5) is 45.7 Å². The lowest BCUT2D eigenvalue weighted by Gasteiger charge is -2.37. The molecule has 1 aromatic carbocycles. The molecule has 2 atom stereocenters. The van der Waals surface area contributed by atoms with E-state index in [9.17, 15) is 39.9 Å². The number of halogens is 8. The number of carbonyl (C=O) groups excluding carboxylic acids is 1. The normalized spacial score (nSPS) is 20.4. The van der Waals surface area contributed by atoms with Gasteiger partial charge in [0.25, 0.3) is 6.43 Å². The Kier molecular flexibility index (Phi) is 9.53. The molecule has 3 heterocycles. The molecule has 1 amide bonds. The summed E-state index contributed by atoms with van der Waals surface area (Å²) in [4.78, 5) is 20.4. The fraction of sp³-hybridized carbons (Fsp3) is 0.571. The fourth-order valence-corrected chi connectivity index (χ4v) is 5.29. The highest BCUT2D eigenvalue weighted by molar-refractivity contribution is 5.71. The Morgan fingerprint density at radius 3 is 2.19 bits per heavy atom. The monoisotopic (exact) mass is 609 g/mol. The van der Waals surface area contributed by atoms with E-state index in [1.54, 1.807) is 0 Å². The Bertz CT molecular complexity index is 1220. The molecule has 0 aliphatic carbocycles. The molecule has 42 heavy (non-hydrogen) atoms. The minimum atomic E-state index is -5.08. The lowest BCUT2D eigenvalue weighted by Crippen LogP contribution is -2.42. The van der Waals surface area contributed by atoms with Gasteiger partial charge in [-0.15, -0.1) is 0 Å². The van der Waals surface area contributed by atoms with Gasteiger partial charge in [-0.25, -0.2) is 18.6 Å². The van der Waals surface area contributed by atoms with E-state index in [-0.39, 0.29) is 29.8 Å². The average molecular weight is 610 g/mol. The van der Waals surface area contributed by atoms with Crippen LogP contribution in [-0.2, 0) is 28.4 Å². The van der Waals surface area contributed by atoms with E-state index in [0.717, 1.165) is 23.9 Å². The molecule has 4 rings (SSSR count). The summed E-state index contributed by atoms with van der Waals surface area (Å²) in [5.41, 5.74) is -3.67. The van der Waals surface area contributed by atoms with Crippen LogP contribution in [0.3, 0.4) is 0 Å². The number of unbranched alkanes of at least 4 members (excludes halogenated alkanes) is 1. The van der Waals surface area contributed by atoms with Crippen LogP contribution in [0.15, 0.2) is 30.5 Å². The highest BCUT2D eigenvalue weighted by Crippen LogP contribution is 2.41. The lowest BCUT2D eigenvalue weighted by atomic mass is 9.97. The van der Waals surface area contributed by atoms with Crippen molar-refractivity contribution < 1.29 is 49.4 Å². The summed E-state index contributed by atoms with van der Waals surface area (Å²) in [6.45, 7) is 4.69. The minimum Gasteiger partial charge on any atom is -0.439 e. The molecule has 2 aromatic rings. The van der Waals surface area contributed by atoms with Crippen LogP contribution in [0.5, 0.6) is 0 Å². The fourth-order valence-electron chi connectivity index (χ4n) is 5.29. The first-order valence-corrected chi connectivity index (χ1v) is 13.6. The number of carbonyl (C=O) groups is 1. The molecule has 2 aliphatic heterocycles. The van der Waals surface area contributed by atoms with Gasteiger partial charge in [0, 0.05) is 43.1 Å². The summed E-state index contributed by atoms with van der Waals surface area (Å²) >= 11 is 0. The standard InChI is InChI=1S/C28H31F8N3O3/c1-3-4-7-38(22-5-8-41-9-6-22)25-19(10-18(14-37-25)24(29)30)15-39-16(2)23(42-26(39)40)17-11-20(27(31,32)33)13-21(12-17)28(34,35)36/h10-14,16,22-24H,3-9,15H2,1-2H3/t16-,23-/m0/s1. The first-order chi connectivity index (χ1) is 19.7. The number of nitrogens with zero attached hydrogens (tertiary/aromatic N) is 3. The number of cyclic esters (lactones) is 1. The van der Waals surface area contributed by atoms with Gasteiger partial charge < -0.3 is 14.4 Å². The van der Waals surface area contributed by atoms with Crippen molar-refractivity contribution in [3.63, 3.8) is 0 Å². The van der Waals surface area contributed by atoms with Crippen molar-refractivity contribution in [1.82, 2.24) is 9.88 Å². The molecule has 2 saturated heterocycles. The Hall–Kier alpha value is -3.16. The number of alkyl halides is 8. The maximum Gasteiger partial charge on any atom is 0.416 e. The van der Waals surface area contributed by atoms with Gasteiger partial charge in [-0.05, 0) is 56.0 Å². The number of aromatic nitrogens is 1. The predicted molar refractivity (Wildman–Crippen MR) is 136 cm³/mol. The molecule has 0 spiro atoms. The van der Waals surface area contributed by atoms with Crippen LogP contribution in [-0.4, -0.2) is 47.8 Å². The maximum atomic E-state index is 13.7. The zero-order valence-electron chi connectivity index (χ0n) is 22.9. The Morgan fingerprint density at radius 2 is 1.64 bits per heavy atom. The zero-order chi connectivity index (χ0) is 30.8. The maximum absolute atomic E-state index is 13.7. The van der Waals surface area contributed by atoms with E-state index < -0.39 is 53.7 Å². The quantitative estimate of drug-likeness (QED) is 0.271. The first-order valence-electron chi connectivity index (χ1n) is 13.6. The SMILES string of the molecule is CCCCN(c1ncc(C(F)F)cc1CN1C(=O)O[C@H](c2cc(C(F)(F)F)cc(C(F)(F)F)c2)[C@@H]1C)C1CCOCC1. The molecule has 0 unspecified atom stereocenters. The minimum absolute atomic E-state index is 0.00230. The third-order valence-electron chi connectivity index (χ3n) is 7.54. The van der Waals surface area contributed by atoms with Crippen LogP contribution in [0.25, 0.3) is 0 Å². The van der Waals surface area contributed by atoms with Gasteiger partial charge >= 0.3 is 18.4 Å². The third-order valence-corrected chi connectivity index (χ3v) is 7.54. The van der Waals surface area contributed by atoms with Gasteiger partial charge in [0.05, 0.1) is 23.7 Å². The summed E-state index contributed by atoms with van der Waals surface area (Å²) in [5, 5.41) is 0. The number of amides is 1. The summed E-state index contributed by atoms with van der Waals surface area (Å²) in [6, 6.07) is 1.24. The second kappa shape index (κ2) is 12.6. The number of ether oxygens (including phenoxy) is 2.